The lowest BCUT2D eigenvalue weighted by molar-refractivity contribution is 0.344. The highest BCUT2D eigenvalue weighted by Crippen LogP contribution is 2.28. The molecule has 18 heavy (non-hydrogen) atoms. The quantitative estimate of drug-likeness (QED) is 0.573. The highest BCUT2D eigenvalue weighted by Gasteiger charge is 2.04. The van der Waals surface area contributed by atoms with Crippen molar-refractivity contribution in [3.05, 3.63) is 30.3 Å². The molecule has 0 saturated carbocycles. The fourth-order valence-corrected chi connectivity index (χ4v) is 4.05. The predicted molar refractivity (Wildman–Crippen MR) is 79.0 cm³/mol. The summed E-state index contributed by atoms with van der Waals surface area (Å²) in [6, 6.07) is 9.86. The van der Waals surface area contributed by atoms with Gasteiger partial charge in [-0.25, -0.2) is 0 Å². The number of hydrogen-bond acceptors (Lipinski definition) is 6. The molecule has 0 bridgehead atoms. The van der Waals surface area contributed by atoms with Crippen LogP contribution in [0.25, 0.3) is 0 Å². The van der Waals surface area contributed by atoms with E-state index < -0.39 is 0 Å². The Balaban J connectivity index is 1.68. The van der Waals surface area contributed by atoms with E-state index in [1.165, 1.54) is 0 Å². The first kappa shape index (κ1) is 13.7. The number of benzene rings is 1. The number of rotatable bonds is 7. The van der Waals surface area contributed by atoms with Gasteiger partial charge in [0.1, 0.15) is 5.75 Å². The summed E-state index contributed by atoms with van der Waals surface area (Å²) in [5, 5.41) is 8.25. The molecular weight excluding hydrogens is 284 g/mol. The fourth-order valence-electron chi connectivity index (χ4n) is 1.24. The molecule has 3 nitrogen and oxygen atoms in total. The van der Waals surface area contributed by atoms with Crippen LogP contribution < -0.4 is 4.74 Å². The maximum Gasteiger partial charge on any atom is 0.175 e. The highest BCUT2D eigenvalue weighted by molar-refractivity contribution is 8.03. The van der Waals surface area contributed by atoms with Crippen molar-refractivity contribution in [2.75, 3.05) is 18.1 Å². The number of aromatic nitrogens is 2. The molecule has 0 aliphatic rings. The summed E-state index contributed by atoms with van der Waals surface area (Å²) in [5.74, 6) is 2.84. The maximum absolute atomic E-state index is 5.61. The van der Waals surface area contributed by atoms with Gasteiger partial charge in [0.15, 0.2) is 8.68 Å². The van der Waals surface area contributed by atoms with Crippen molar-refractivity contribution in [3.63, 3.8) is 0 Å². The van der Waals surface area contributed by atoms with Crippen molar-refractivity contribution in [1.29, 1.82) is 0 Å². The van der Waals surface area contributed by atoms with Gasteiger partial charge in [-0.1, -0.05) is 60.0 Å². The Bertz CT molecular complexity index is 461. The van der Waals surface area contributed by atoms with Crippen LogP contribution in [0.15, 0.2) is 39.0 Å². The second-order valence-electron chi connectivity index (χ2n) is 3.28. The smallest absolute Gasteiger partial charge is 0.175 e. The molecule has 0 fully saturated rings. The molecule has 1 aromatic heterocycles. The molecule has 0 unspecified atom stereocenters. The van der Waals surface area contributed by atoms with Crippen LogP contribution in [0, 0.1) is 0 Å². The second kappa shape index (κ2) is 7.66. The van der Waals surface area contributed by atoms with Crippen LogP contribution in [0.3, 0.4) is 0 Å². The van der Waals surface area contributed by atoms with E-state index in [1.54, 1.807) is 34.9 Å². The summed E-state index contributed by atoms with van der Waals surface area (Å²) in [5.41, 5.74) is 0. The first-order chi connectivity index (χ1) is 8.88. The van der Waals surface area contributed by atoms with Gasteiger partial charge in [-0.2, -0.15) is 0 Å². The van der Waals surface area contributed by atoms with E-state index in [2.05, 4.69) is 17.1 Å². The van der Waals surface area contributed by atoms with Gasteiger partial charge in [-0.15, -0.1) is 10.2 Å². The third-order valence-corrected chi connectivity index (χ3v) is 5.01. The van der Waals surface area contributed by atoms with Gasteiger partial charge in [0.05, 0.1) is 6.61 Å². The van der Waals surface area contributed by atoms with E-state index in [4.69, 9.17) is 4.74 Å². The molecule has 0 spiro atoms. The summed E-state index contributed by atoms with van der Waals surface area (Å²) < 4.78 is 7.67. The van der Waals surface area contributed by atoms with E-state index in [0.29, 0.717) is 6.61 Å². The standard InChI is InChI=1S/C12H14N2OS3/c1-2-16-11-13-14-12(18-11)17-9-8-15-10-6-4-3-5-7-10/h3-7H,2,8-9H2,1H3. The molecule has 1 aromatic carbocycles. The Morgan fingerprint density at radius 2 is 1.83 bits per heavy atom. The number of ether oxygens (including phenoxy) is 1. The maximum atomic E-state index is 5.61. The van der Waals surface area contributed by atoms with Gasteiger partial charge in [-0.05, 0) is 17.9 Å². The minimum Gasteiger partial charge on any atom is -0.493 e. The molecule has 0 aliphatic carbocycles. The van der Waals surface area contributed by atoms with Crippen LogP contribution in [-0.4, -0.2) is 28.3 Å². The number of nitrogens with zero attached hydrogens (tertiary/aromatic N) is 2. The summed E-state index contributed by atoms with van der Waals surface area (Å²) >= 11 is 5.08. The average molecular weight is 298 g/mol. The Kier molecular flexibility index (Phi) is 5.83. The van der Waals surface area contributed by atoms with Gasteiger partial charge in [0.2, 0.25) is 0 Å². The number of thioether (sulfide) groups is 2. The number of para-hydroxylation sites is 1. The van der Waals surface area contributed by atoms with Crippen LogP contribution in [-0.2, 0) is 0 Å². The van der Waals surface area contributed by atoms with Crippen LogP contribution in [0.2, 0.25) is 0 Å². The van der Waals surface area contributed by atoms with Crippen LogP contribution in [0.5, 0.6) is 5.75 Å². The van der Waals surface area contributed by atoms with Crippen LogP contribution in [0.4, 0.5) is 0 Å². The lowest BCUT2D eigenvalue weighted by atomic mass is 10.3. The van der Waals surface area contributed by atoms with E-state index in [1.807, 2.05) is 30.3 Å². The molecule has 0 radical (unpaired) electrons. The largest absolute Gasteiger partial charge is 0.493 e. The lowest BCUT2D eigenvalue weighted by Gasteiger charge is -2.03. The third-order valence-electron chi connectivity index (χ3n) is 1.98. The summed E-state index contributed by atoms with van der Waals surface area (Å²) in [6.07, 6.45) is 0. The van der Waals surface area contributed by atoms with Gasteiger partial charge >= 0.3 is 0 Å². The van der Waals surface area contributed by atoms with Crippen molar-refractivity contribution in [2.45, 2.75) is 15.6 Å². The molecular formula is C12H14N2OS3. The van der Waals surface area contributed by atoms with E-state index in [-0.39, 0.29) is 0 Å². The van der Waals surface area contributed by atoms with E-state index in [0.717, 1.165) is 25.9 Å². The normalized spacial score (nSPS) is 10.5. The van der Waals surface area contributed by atoms with Crippen LogP contribution >= 0.6 is 34.9 Å². The fraction of sp³-hybridized carbons (Fsp3) is 0.333. The van der Waals surface area contributed by atoms with Crippen molar-refractivity contribution < 1.29 is 4.74 Å². The Morgan fingerprint density at radius 1 is 1.11 bits per heavy atom. The topological polar surface area (TPSA) is 35.0 Å². The molecule has 0 N–H and O–H groups in total. The Labute approximate surface area is 119 Å². The molecule has 1 heterocycles. The van der Waals surface area contributed by atoms with Crippen molar-refractivity contribution in [3.8, 4) is 5.75 Å². The number of hydrogen-bond donors (Lipinski definition) is 0. The van der Waals surface area contributed by atoms with Gasteiger partial charge in [0, 0.05) is 5.75 Å². The molecule has 96 valence electrons. The lowest BCUT2D eigenvalue weighted by Crippen LogP contribution is -1.99. The van der Waals surface area contributed by atoms with E-state index >= 15 is 0 Å². The average Bonchev–Trinajstić information content (AvgIpc) is 2.84. The molecule has 0 aliphatic heterocycles. The minimum atomic E-state index is 0.685. The molecule has 0 amide bonds. The molecule has 0 saturated heterocycles. The summed E-state index contributed by atoms with van der Waals surface area (Å²) in [4.78, 5) is 0. The zero-order valence-corrected chi connectivity index (χ0v) is 12.5. The molecule has 0 atom stereocenters. The van der Waals surface area contributed by atoms with Crippen molar-refractivity contribution >= 4 is 34.9 Å². The summed E-state index contributed by atoms with van der Waals surface area (Å²) in [6.45, 7) is 2.80. The zero-order chi connectivity index (χ0) is 12.6. The van der Waals surface area contributed by atoms with Crippen molar-refractivity contribution in [2.24, 2.45) is 0 Å². The Hall–Kier alpha value is -0.720. The second-order valence-corrected chi connectivity index (χ2v) is 7.11. The van der Waals surface area contributed by atoms with Gasteiger partial charge < -0.3 is 4.74 Å². The molecule has 2 rings (SSSR count). The molecule has 2 aromatic rings. The van der Waals surface area contributed by atoms with Crippen molar-refractivity contribution in [1.82, 2.24) is 10.2 Å². The predicted octanol–water partition coefficient (Wildman–Crippen LogP) is 3.82. The first-order valence-corrected chi connectivity index (χ1v) is 8.44. The zero-order valence-electron chi connectivity index (χ0n) is 10.0. The van der Waals surface area contributed by atoms with E-state index in [9.17, 15) is 0 Å². The third kappa shape index (κ3) is 4.51. The molecule has 6 heteroatoms. The highest BCUT2D eigenvalue weighted by atomic mass is 32.2. The van der Waals surface area contributed by atoms with Gasteiger partial charge in [0.25, 0.3) is 0 Å². The SMILES string of the molecule is CCSc1nnc(SCCOc2ccccc2)s1. The first-order valence-electron chi connectivity index (χ1n) is 5.65. The summed E-state index contributed by atoms with van der Waals surface area (Å²) in [7, 11) is 0. The van der Waals surface area contributed by atoms with Gasteiger partial charge in [-0.3, -0.25) is 0 Å². The minimum absolute atomic E-state index is 0.685. The Morgan fingerprint density at radius 3 is 2.56 bits per heavy atom. The van der Waals surface area contributed by atoms with Crippen LogP contribution in [0.1, 0.15) is 6.92 Å². The monoisotopic (exact) mass is 298 g/mol.